The molecule has 6 nitrogen and oxygen atoms in total. The first-order chi connectivity index (χ1) is 12.9. The second kappa shape index (κ2) is 6.94. The van der Waals surface area contributed by atoms with Crippen molar-refractivity contribution in [1.29, 1.82) is 0 Å². The van der Waals surface area contributed by atoms with E-state index in [0.717, 1.165) is 43.8 Å². The number of aromatic nitrogens is 4. The lowest BCUT2D eigenvalue weighted by Crippen LogP contribution is -2.37. The summed E-state index contributed by atoms with van der Waals surface area (Å²) in [6.07, 6.45) is 1.88. The van der Waals surface area contributed by atoms with E-state index in [1.807, 2.05) is 4.90 Å². The van der Waals surface area contributed by atoms with Crippen molar-refractivity contribution in [1.82, 2.24) is 19.5 Å². The maximum absolute atomic E-state index is 12.8. The zero-order valence-electron chi connectivity index (χ0n) is 14.7. The summed E-state index contributed by atoms with van der Waals surface area (Å²) in [6, 6.07) is 2.62. The quantitative estimate of drug-likeness (QED) is 0.817. The molecule has 9 heteroatoms. The summed E-state index contributed by atoms with van der Waals surface area (Å²) < 4.78 is 40.1. The van der Waals surface area contributed by atoms with Crippen LogP contribution in [0, 0.1) is 5.92 Å². The van der Waals surface area contributed by atoms with Gasteiger partial charge in [-0.3, -0.25) is 9.36 Å². The zero-order valence-corrected chi connectivity index (χ0v) is 14.7. The predicted molar refractivity (Wildman–Crippen MR) is 92.4 cm³/mol. The highest BCUT2D eigenvalue weighted by Crippen LogP contribution is 2.38. The van der Waals surface area contributed by atoms with Crippen LogP contribution in [-0.4, -0.2) is 32.6 Å². The first-order valence-electron chi connectivity index (χ1n) is 9.11. The number of rotatable bonds is 4. The molecule has 144 valence electrons. The van der Waals surface area contributed by atoms with Gasteiger partial charge >= 0.3 is 6.18 Å². The second-order valence-corrected chi connectivity index (χ2v) is 7.27. The van der Waals surface area contributed by atoms with Gasteiger partial charge in [-0.25, -0.2) is 15.0 Å². The molecule has 0 aromatic carbocycles. The van der Waals surface area contributed by atoms with E-state index < -0.39 is 11.9 Å². The van der Waals surface area contributed by atoms with E-state index in [4.69, 9.17) is 0 Å². The van der Waals surface area contributed by atoms with Crippen molar-refractivity contribution in [2.45, 2.75) is 44.3 Å². The van der Waals surface area contributed by atoms with E-state index in [1.165, 1.54) is 0 Å². The Balaban J connectivity index is 1.37. The lowest BCUT2D eigenvalue weighted by molar-refractivity contribution is -0.141. The van der Waals surface area contributed by atoms with Gasteiger partial charge < -0.3 is 4.90 Å². The molecule has 0 spiro atoms. The number of anilines is 1. The molecule has 1 saturated heterocycles. The van der Waals surface area contributed by atoms with Crippen LogP contribution in [0.5, 0.6) is 0 Å². The van der Waals surface area contributed by atoms with Crippen LogP contribution in [0.3, 0.4) is 0 Å². The molecule has 0 atom stereocenters. The van der Waals surface area contributed by atoms with Gasteiger partial charge in [0.1, 0.15) is 17.8 Å². The highest BCUT2D eigenvalue weighted by Gasteiger charge is 2.33. The number of halogens is 3. The predicted octanol–water partition coefficient (Wildman–Crippen LogP) is 2.85. The fraction of sp³-hybridized carbons (Fsp3) is 0.556. The van der Waals surface area contributed by atoms with Crippen molar-refractivity contribution in [2.75, 3.05) is 18.0 Å². The average Bonchev–Trinajstić information content (AvgIpc) is 3.49. The number of alkyl halides is 3. The SMILES string of the molecule is O=c1cc(C2CC2)ncn1CC1CCN(c2cc(C(F)(F)F)ncn2)CC1. The third kappa shape index (κ3) is 4.12. The topological polar surface area (TPSA) is 63.9 Å². The van der Waals surface area contributed by atoms with Crippen molar-refractivity contribution >= 4 is 5.82 Å². The van der Waals surface area contributed by atoms with Gasteiger partial charge in [-0.15, -0.1) is 0 Å². The van der Waals surface area contributed by atoms with Crippen molar-refractivity contribution in [3.05, 3.63) is 46.5 Å². The molecule has 3 heterocycles. The smallest absolute Gasteiger partial charge is 0.356 e. The molecule has 2 fully saturated rings. The largest absolute Gasteiger partial charge is 0.433 e. The van der Waals surface area contributed by atoms with E-state index >= 15 is 0 Å². The molecule has 0 N–H and O–H groups in total. The summed E-state index contributed by atoms with van der Waals surface area (Å²) in [5.74, 6) is 1.03. The van der Waals surface area contributed by atoms with Crippen LogP contribution in [-0.2, 0) is 12.7 Å². The Morgan fingerprint density at radius 3 is 2.41 bits per heavy atom. The fourth-order valence-corrected chi connectivity index (χ4v) is 3.48. The van der Waals surface area contributed by atoms with E-state index in [-0.39, 0.29) is 11.5 Å². The molecule has 4 rings (SSSR count). The molecule has 2 aromatic rings. The Bertz CT molecular complexity index is 870. The Hall–Kier alpha value is -2.45. The highest BCUT2D eigenvalue weighted by atomic mass is 19.4. The Morgan fingerprint density at radius 2 is 1.78 bits per heavy atom. The van der Waals surface area contributed by atoms with Gasteiger partial charge in [-0.2, -0.15) is 13.2 Å². The normalized spacial score (nSPS) is 18.7. The van der Waals surface area contributed by atoms with Crippen molar-refractivity contribution in [2.24, 2.45) is 5.92 Å². The molecular formula is C18H20F3N5O. The van der Waals surface area contributed by atoms with Crippen LogP contribution < -0.4 is 10.5 Å². The number of piperidine rings is 1. The molecule has 1 aliphatic carbocycles. The molecule has 1 saturated carbocycles. The van der Waals surface area contributed by atoms with Crippen molar-refractivity contribution in [3.8, 4) is 0 Å². The van der Waals surface area contributed by atoms with E-state index in [0.29, 0.717) is 31.4 Å². The summed E-state index contributed by atoms with van der Waals surface area (Å²) in [4.78, 5) is 25.8. The van der Waals surface area contributed by atoms with Crippen LogP contribution in [0.15, 0.2) is 29.6 Å². The van der Waals surface area contributed by atoms with Gasteiger partial charge in [0.05, 0.1) is 12.0 Å². The Kier molecular flexibility index (Phi) is 4.61. The molecule has 0 unspecified atom stereocenters. The highest BCUT2D eigenvalue weighted by molar-refractivity contribution is 5.39. The molecule has 0 radical (unpaired) electrons. The maximum Gasteiger partial charge on any atom is 0.433 e. The summed E-state index contributed by atoms with van der Waals surface area (Å²) in [6.45, 7) is 1.78. The molecule has 0 bridgehead atoms. The van der Waals surface area contributed by atoms with Gasteiger partial charge in [-0.1, -0.05) is 0 Å². The molecule has 2 aliphatic rings. The van der Waals surface area contributed by atoms with Crippen LogP contribution in [0.1, 0.15) is 43.0 Å². The van der Waals surface area contributed by atoms with Crippen LogP contribution in [0.25, 0.3) is 0 Å². The zero-order chi connectivity index (χ0) is 19.0. The minimum Gasteiger partial charge on any atom is -0.356 e. The Labute approximate surface area is 154 Å². The first-order valence-corrected chi connectivity index (χ1v) is 9.11. The van der Waals surface area contributed by atoms with Crippen molar-refractivity contribution < 1.29 is 13.2 Å². The summed E-state index contributed by atoms with van der Waals surface area (Å²) in [5.41, 5.74) is -0.0711. The number of hydrogen-bond acceptors (Lipinski definition) is 5. The van der Waals surface area contributed by atoms with Gasteiger partial charge in [0.15, 0.2) is 0 Å². The molecule has 27 heavy (non-hydrogen) atoms. The molecule has 1 aliphatic heterocycles. The first kappa shape index (κ1) is 17.9. The van der Waals surface area contributed by atoms with Crippen LogP contribution >= 0.6 is 0 Å². The average molecular weight is 379 g/mol. The summed E-state index contributed by atoms with van der Waals surface area (Å²) >= 11 is 0. The number of hydrogen-bond donors (Lipinski definition) is 0. The third-order valence-corrected chi connectivity index (χ3v) is 5.23. The summed E-state index contributed by atoms with van der Waals surface area (Å²) in [7, 11) is 0. The standard InChI is InChI=1S/C18H20F3N5O/c19-18(20,21)15-8-16(23-10-22-15)25-5-3-12(4-6-25)9-26-11-24-14(7-17(26)27)13-1-2-13/h7-8,10-13H,1-6,9H2. The minimum absolute atomic E-state index is 0.0278. The summed E-state index contributed by atoms with van der Waals surface area (Å²) in [5, 5.41) is 0. The molecular weight excluding hydrogens is 359 g/mol. The second-order valence-electron chi connectivity index (χ2n) is 7.27. The van der Waals surface area contributed by atoms with E-state index in [9.17, 15) is 18.0 Å². The third-order valence-electron chi connectivity index (χ3n) is 5.23. The van der Waals surface area contributed by atoms with Gasteiger partial charge in [0, 0.05) is 37.7 Å². The lowest BCUT2D eigenvalue weighted by Gasteiger charge is -2.33. The Morgan fingerprint density at radius 1 is 1.04 bits per heavy atom. The van der Waals surface area contributed by atoms with E-state index in [2.05, 4.69) is 15.0 Å². The number of nitrogens with zero attached hydrogens (tertiary/aromatic N) is 5. The van der Waals surface area contributed by atoms with Gasteiger partial charge in [0.25, 0.3) is 5.56 Å². The van der Waals surface area contributed by atoms with Gasteiger partial charge in [0.2, 0.25) is 0 Å². The van der Waals surface area contributed by atoms with Gasteiger partial charge in [-0.05, 0) is 31.6 Å². The van der Waals surface area contributed by atoms with Crippen LogP contribution in [0.2, 0.25) is 0 Å². The maximum atomic E-state index is 12.8. The van der Waals surface area contributed by atoms with Crippen molar-refractivity contribution in [3.63, 3.8) is 0 Å². The molecule has 2 aromatic heterocycles. The fourth-order valence-electron chi connectivity index (χ4n) is 3.48. The van der Waals surface area contributed by atoms with E-state index in [1.54, 1.807) is 17.0 Å². The lowest BCUT2D eigenvalue weighted by atomic mass is 9.96. The molecule has 0 amide bonds. The minimum atomic E-state index is -4.48. The monoisotopic (exact) mass is 379 g/mol. The van der Waals surface area contributed by atoms with Crippen LogP contribution in [0.4, 0.5) is 19.0 Å².